The highest BCUT2D eigenvalue weighted by atomic mass is 32.1. The smallest absolute Gasteiger partial charge is 0.335 e. The van der Waals surface area contributed by atoms with Gasteiger partial charge in [-0.15, -0.1) is 11.3 Å². The summed E-state index contributed by atoms with van der Waals surface area (Å²) in [5.74, 6) is -0.144. The summed E-state index contributed by atoms with van der Waals surface area (Å²) in [6, 6.07) is 6.87. The largest absolute Gasteiger partial charge is 0.478 e. The molecular weight excluding hydrogens is 286 g/mol. The van der Waals surface area contributed by atoms with E-state index in [1.54, 1.807) is 29.5 Å². The molecule has 2 N–H and O–H groups in total. The van der Waals surface area contributed by atoms with Gasteiger partial charge in [-0.25, -0.2) is 14.8 Å². The van der Waals surface area contributed by atoms with E-state index in [4.69, 9.17) is 5.11 Å². The second-order valence-corrected chi connectivity index (χ2v) is 5.56. The molecule has 106 valence electrons. The quantitative estimate of drug-likeness (QED) is 0.773. The van der Waals surface area contributed by atoms with Crippen molar-refractivity contribution in [2.45, 2.75) is 13.5 Å². The van der Waals surface area contributed by atoms with Crippen LogP contribution >= 0.6 is 11.3 Å². The predicted octanol–water partition coefficient (Wildman–Crippen LogP) is 3.31. The number of hydrogen-bond donors (Lipinski definition) is 2. The number of carboxylic acids is 1. The lowest BCUT2D eigenvalue weighted by molar-refractivity contribution is 0.0697. The molecule has 0 bridgehead atoms. The fraction of sp³-hybridized carbons (Fsp3) is 0.133. The molecule has 2 heterocycles. The third-order valence-electron chi connectivity index (χ3n) is 3.16. The summed E-state index contributed by atoms with van der Waals surface area (Å²) in [6.45, 7) is 2.54. The lowest BCUT2D eigenvalue weighted by Crippen LogP contribution is -2.03. The number of benzene rings is 1. The third kappa shape index (κ3) is 2.71. The van der Waals surface area contributed by atoms with E-state index < -0.39 is 5.97 Å². The van der Waals surface area contributed by atoms with Gasteiger partial charge < -0.3 is 10.4 Å². The van der Waals surface area contributed by atoms with Gasteiger partial charge in [0.2, 0.25) is 0 Å². The zero-order valence-electron chi connectivity index (χ0n) is 11.3. The van der Waals surface area contributed by atoms with E-state index in [1.165, 1.54) is 6.33 Å². The Kier molecular flexibility index (Phi) is 3.53. The van der Waals surface area contributed by atoms with E-state index in [-0.39, 0.29) is 5.56 Å². The fourth-order valence-electron chi connectivity index (χ4n) is 2.10. The van der Waals surface area contributed by atoms with E-state index in [1.807, 2.05) is 13.0 Å². The van der Waals surface area contributed by atoms with E-state index in [9.17, 15) is 4.79 Å². The van der Waals surface area contributed by atoms with Crippen molar-refractivity contribution in [3.05, 3.63) is 52.7 Å². The van der Waals surface area contributed by atoms with Gasteiger partial charge in [0.15, 0.2) is 0 Å². The Morgan fingerprint density at radius 2 is 2.24 bits per heavy atom. The summed E-state index contributed by atoms with van der Waals surface area (Å²) in [5.41, 5.74) is 3.27. The number of rotatable bonds is 4. The number of aryl methyl sites for hydroxylation is 1. The first-order valence-corrected chi connectivity index (χ1v) is 7.28. The first kappa shape index (κ1) is 13.5. The maximum atomic E-state index is 11.0. The number of carbonyl (C=O) groups is 1. The molecule has 1 aromatic carbocycles. The average molecular weight is 299 g/mol. The number of aromatic nitrogens is 2. The van der Waals surface area contributed by atoms with Crippen LogP contribution in [-0.2, 0) is 6.54 Å². The van der Waals surface area contributed by atoms with Crippen molar-refractivity contribution in [3.8, 4) is 0 Å². The normalized spacial score (nSPS) is 10.7. The second kappa shape index (κ2) is 5.49. The van der Waals surface area contributed by atoms with E-state index in [0.717, 1.165) is 27.2 Å². The highest BCUT2D eigenvalue weighted by molar-refractivity contribution is 7.18. The number of nitrogens with one attached hydrogen (secondary N) is 1. The van der Waals surface area contributed by atoms with Crippen LogP contribution in [0.15, 0.2) is 36.0 Å². The standard InChI is InChI=1S/C15H13N3O2S/c1-9-7-21-13-12(9)17-8-18-14(13)16-6-10-3-2-4-11(5-10)15(19)20/h2-5,7-8H,6H2,1H3,(H,19,20)(H,16,17,18). The summed E-state index contributed by atoms with van der Waals surface area (Å²) >= 11 is 1.60. The van der Waals surface area contributed by atoms with Crippen LogP contribution in [0.4, 0.5) is 5.82 Å². The van der Waals surface area contributed by atoms with Crippen LogP contribution < -0.4 is 5.32 Å². The Balaban J connectivity index is 1.83. The summed E-state index contributed by atoms with van der Waals surface area (Å²) < 4.78 is 1.02. The van der Waals surface area contributed by atoms with Gasteiger partial charge in [0.05, 0.1) is 15.8 Å². The monoisotopic (exact) mass is 299 g/mol. The van der Waals surface area contributed by atoms with Crippen molar-refractivity contribution in [3.63, 3.8) is 0 Å². The highest BCUT2D eigenvalue weighted by Gasteiger charge is 2.08. The van der Waals surface area contributed by atoms with Gasteiger partial charge >= 0.3 is 5.97 Å². The third-order valence-corrected chi connectivity index (χ3v) is 4.26. The average Bonchev–Trinajstić information content (AvgIpc) is 2.88. The molecule has 0 saturated carbocycles. The minimum atomic E-state index is -0.921. The molecule has 0 aliphatic rings. The first-order chi connectivity index (χ1) is 10.1. The van der Waals surface area contributed by atoms with Crippen molar-refractivity contribution in [2.75, 3.05) is 5.32 Å². The Morgan fingerprint density at radius 1 is 1.38 bits per heavy atom. The van der Waals surface area contributed by atoms with Crippen molar-refractivity contribution < 1.29 is 9.90 Å². The van der Waals surface area contributed by atoms with Crippen LogP contribution in [0.25, 0.3) is 10.2 Å². The molecule has 3 aromatic rings. The molecule has 0 atom stereocenters. The molecule has 0 radical (unpaired) electrons. The van der Waals surface area contributed by atoms with Crippen LogP contribution in [0, 0.1) is 6.92 Å². The van der Waals surface area contributed by atoms with Gasteiger partial charge in [-0.2, -0.15) is 0 Å². The summed E-state index contributed by atoms with van der Waals surface area (Å²) in [5, 5.41) is 14.3. The molecule has 6 heteroatoms. The van der Waals surface area contributed by atoms with Crippen LogP contribution in [-0.4, -0.2) is 21.0 Å². The van der Waals surface area contributed by atoms with Gasteiger partial charge in [-0.05, 0) is 35.6 Å². The van der Waals surface area contributed by atoms with Gasteiger partial charge in [0.25, 0.3) is 0 Å². The maximum Gasteiger partial charge on any atom is 0.335 e. The minimum Gasteiger partial charge on any atom is -0.478 e. The second-order valence-electron chi connectivity index (χ2n) is 4.68. The lowest BCUT2D eigenvalue weighted by atomic mass is 10.1. The topological polar surface area (TPSA) is 75.1 Å². The molecular formula is C15H13N3O2S. The number of fused-ring (bicyclic) bond motifs is 1. The fourth-order valence-corrected chi connectivity index (χ4v) is 3.06. The lowest BCUT2D eigenvalue weighted by Gasteiger charge is -2.07. The van der Waals surface area contributed by atoms with Crippen LogP contribution in [0.3, 0.4) is 0 Å². The number of thiophene rings is 1. The Hall–Kier alpha value is -2.47. The molecule has 2 aromatic heterocycles. The van der Waals surface area contributed by atoms with Gasteiger partial charge in [-0.3, -0.25) is 0 Å². The zero-order valence-corrected chi connectivity index (χ0v) is 12.1. The summed E-state index contributed by atoms with van der Waals surface area (Å²) in [4.78, 5) is 19.5. The van der Waals surface area contributed by atoms with Crippen LogP contribution in [0.5, 0.6) is 0 Å². The molecule has 5 nitrogen and oxygen atoms in total. The number of hydrogen-bond acceptors (Lipinski definition) is 5. The maximum absolute atomic E-state index is 11.0. The van der Waals surface area contributed by atoms with Crippen LogP contribution in [0.2, 0.25) is 0 Å². The SMILES string of the molecule is Cc1csc2c(NCc3cccc(C(=O)O)c3)ncnc12. The van der Waals surface area contributed by atoms with E-state index in [2.05, 4.69) is 20.7 Å². The molecule has 0 aliphatic heterocycles. The molecule has 3 rings (SSSR count). The summed E-state index contributed by atoms with van der Waals surface area (Å²) in [7, 11) is 0. The minimum absolute atomic E-state index is 0.286. The molecule has 21 heavy (non-hydrogen) atoms. The van der Waals surface area contributed by atoms with Gasteiger partial charge in [0.1, 0.15) is 12.1 Å². The zero-order chi connectivity index (χ0) is 14.8. The number of nitrogens with zero attached hydrogens (tertiary/aromatic N) is 2. The van der Waals surface area contributed by atoms with E-state index in [0.29, 0.717) is 6.54 Å². The Labute approximate surface area is 125 Å². The molecule has 0 fully saturated rings. The van der Waals surface area contributed by atoms with Crippen LogP contribution in [0.1, 0.15) is 21.5 Å². The molecule has 0 amide bonds. The highest BCUT2D eigenvalue weighted by Crippen LogP contribution is 2.28. The Morgan fingerprint density at radius 3 is 3.05 bits per heavy atom. The van der Waals surface area contributed by atoms with Crippen molar-refractivity contribution in [1.29, 1.82) is 0 Å². The van der Waals surface area contributed by atoms with Crippen molar-refractivity contribution in [1.82, 2.24) is 9.97 Å². The molecule has 0 saturated heterocycles. The molecule has 0 spiro atoms. The number of carboxylic acid groups (broad SMARTS) is 1. The molecule has 0 unspecified atom stereocenters. The number of aromatic carboxylic acids is 1. The van der Waals surface area contributed by atoms with Crippen molar-refractivity contribution in [2.24, 2.45) is 0 Å². The first-order valence-electron chi connectivity index (χ1n) is 6.40. The van der Waals surface area contributed by atoms with E-state index >= 15 is 0 Å². The number of anilines is 1. The summed E-state index contributed by atoms with van der Waals surface area (Å²) in [6.07, 6.45) is 1.54. The van der Waals surface area contributed by atoms with Gasteiger partial charge in [-0.1, -0.05) is 12.1 Å². The Bertz CT molecular complexity index is 814. The van der Waals surface area contributed by atoms with Crippen molar-refractivity contribution >= 4 is 33.3 Å². The van der Waals surface area contributed by atoms with Gasteiger partial charge in [0, 0.05) is 6.54 Å². The predicted molar refractivity (Wildman–Crippen MR) is 82.9 cm³/mol. The molecule has 0 aliphatic carbocycles.